The number of nitrogens with zero attached hydrogens (tertiary/aromatic N) is 4. The van der Waals surface area contributed by atoms with Crippen LogP contribution in [-0.2, 0) is 0 Å². The van der Waals surface area contributed by atoms with E-state index in [-0.39, 0.29) is 0 Å². The molecule has 0 aliphatic heterocycles. The smallest absolute Gasteiger partial charge is 0.0462 e. The van der Waals surface area contributed by atoms with E-state index in [4.69, 9.17) is 0 Å². The van der Waals surface area contributed by atoms with Crippen molar-refractivity contribution in [2.45, 2.75) is 0 Å². The molecule has 0 amide bonds. The van der Waals surface area contributed by atoms with Crippen molar-refractivity contribution in [1.29, 1.82) is 0 Å². The van der Waals surface area contributed by atoms with E-state index >= 15 is 0 Å². The summed E-state index contributed by atoms with van der Waals surface area (Å²) in [5, 5.41) is 0. The zero-order valence-corrected chi connectivity index (χ0v) is 51.9. The van der Waals surface area contributed by atoms with E-state index in [9.17, 15) is 0 Å². The molecule has 15 rings (SSSR count). The normalized spacial score (nSPS) is 11.0. The van der Waals surface area contributed by atoms with E-state index in [1.54, 1.807) is 0 Å². The molecule has 4 nitrogen and oxygen atoms in total. The maximum Gasteiger partial charge on any atom is 0.0462 e. The number of benzene rings is 15. The first-order valence-electron chi connectivity index (χ1n) is 32.1. The number of hydrogen-bond donors (Lipinski definition) is 0. The second-order valence-corrected chi connectivity index (χ2v) is 23.3. The van der Waals surface area contributed by atoms with Gasteiger partial charge in [-0.3, -0.25) is 0 Å². The van der Waals surface area contributed by atoms with Gasteiger partial charge in [0.15, 0.2) is 0 Å². The van der Waals surface area contributed by atoms with Crippen molar-refractivity contribution >= 4 is 68.2 Å². The van der Waals surface area contributed by atoms with Crippen molar-refractivity contribution in [3.63, 3.8) is 0 Å². The maximum atomic E-state index is 2.37. The fourth-order valence-corrected chi connectivity index (χ4v) is 13.0. The molecule has 94 heavy (non-hydrogen) atoms. The Kier molecular flexibility index (Phi) is 16.6. The highest BCUT2D eigenvalue weighted by Crippen LogP contribution is 2.44. The third kappa shape index (κ3) is 12.2. The van der Waals surface area contributed by atoms with E-state index in [2.05, 4.69) is 420 Å². The lowest BCUT2D eigenvalue weighted by Crippen LogP contribution is -2.10. The van der Waals surface area contributed by atoms with Crippen LogP contribution < -0.4 is 19.6 Å². The zero-order valence-electron chi connectivity index (χ0n) is 51.9. The van der Waals surface area contributed by atoms with Gasteiger partial charge in [0.2, 0.25) is 0 Å². The molecule has 0 unspecified atom stereocenters. The lowest BCUT2D eigenvalue weighted by atomic mass is 9.93. The standard InChI is InChI=1S/C90H66N4/c1-7-25-73(26-8-1)91(74-27-9-2-10-28-74)79-55-43-67(44-56-79)85-37-19-22-40-88(85)70-49-61-82(62-50-70)94(83-63-51-71(52-64-83)89-41-23-20-38-86(89)68-45-57-80(58-46-68)92(75-29-11-3-12-30-75)76-31-13-4-14-32-76)84-65-53-72(54-66-84)90-42-24-21-39-87(90)69-47-59-81(60-48-69)93(77-33-15-5-16-34-77)78-35-17-6-18-36-78/h1-66H. The molecule has 0 aromatic heterocycles. The molecule has 0 aliphatic rings. The molecule has 0 atom stereocenters. The molecule has 0 saturated heterocycles. The van der Waals surface area contributed by atoms with Gasteiger partial charge in [-0.05, 0) is 212 Å². The van der Waals surface area contributed by atoms with Crippen LogP contribution in [0.3, 0.4) is 0 Å². The summed E-state index contributed by atoms with van der Waals surface area (Å²) in [7, 11) is 0. The monoisotopic (exact) mass is 1200 g/mol. The summed E-state index contributed by atoms with van der Waals surface area (Å²) in [6, 6.07) is 144. The summed E-state index contributed by atoms with van der Waals surface area (Å²) in [6.07, 6.45) is 0. The fourth-order valence-electron chi connectivity index (χ4n) is 13.0. The van der Waals surface area contributed by atoms with E-state index in [0.29, 0.717) is 0 Å². The van der Waals surface area contributed by atoms with Gasteiger partial charge in [-0.15, -0.1) is 0 Å². The van der Waals surface area contributed by atoms with Crippen LogP contribution in [-0.4, -0.2) is 0 Å². The third-order valence-electron chi connectivity index (χ3n) is 17.5. The minimum Gasteiger partial charge on any atom is -0.311 e. The summed E-state index contributed by atoms with van der Waals surface area (Å²) < 4.78 is 0. The van der Waals surface area contributed by atoms with Gasteiger partial charge in [0.1, 0.15) is 0 Å². The molecule has 0 bridgehead atoms. The van der Waals surface area contributed by atoms with Crippen LogP contribution in [0.15, 0.2) is 400 Å². The molecule has 0 saturated carbocycles. The van der Waals surface area contributed by atoms with E-state index < -0.39 is 0 Å². The largest absolute Gasteiger partial charge is 0.311 e. The third-order valence-corrected chi connectivity index (χ3v) is 17.5. The summed E-state index contributed by atoms with van der Waals surface area (Å²) in [6.45, 7) is 0. The molecule has 0 aliphatic carbocycles. The topological polar surface area (TPSA) is 13.0 Å². The number of hydrogen-bond acceptors (Lipinski definition) is 4. The van der Waals surface area contributed by atoms with Crippen LogP contribution in [0.2, 0.25) is 0 Å². The molecule has 0 N–H and O–H groups in total. The van der Waals surface area contributed by atoms with Gasteiger partial charge >= 0.3 is 0 Å². The number of rotatable bonds is 18. The highest BCUT2D eigenvalue weighted by Gasteiger charge is 2.20. The number of anilines is 12. The van der Waals surface area contributed by atoms with E-state index in [1.807, 2.05) is 0 Å². The quantitative estimate of drug-likeness (QED) is 0.0849. The molecule has 15 aromatic carbocycles. The Bertz CT molecular complexity index is 4310. The van der Waals surface area contributed by atoms with Crippen LogP contribution in [0, 0.1) is 0 Å². The van der Waals surface area contributed by atoms with Crippen LogP contribution in [0.4, 0.5) is 68.2 Å². The van der Waals surface area contributed by atoms with E-state index in [1.165, 1.54) is 33.4 Å². The van der Waals surface area contributed by atoms with Gasteiger partial charge in [0.25, 0.3) is 0 Å². The first kappa shape index (κ1) is 57.9. The highest BCUT2D eigenvalue weighted by atomic mass is 15.2. The summed E-state index contributed by atoms with van der Waals surface area (Å²) in [5.41, 5.74) is 27.0. The molecule has 0 spiro atoms. The Balaban J connectivity index is 0.760. The molecule has 0 radical (unpaired) electrons. The molecule has 15 aromatic rings. The summed E-state index contributed by atoms with van der Waals surface area (Å²) in [4.78, 5) is 9.29. The second kappa shape index (κ2) is 26.9. The van der Waals surface area contributed by atoms with E-state index in [0.717, 1.165) is 102 Å². The Morgan fingerprint density at radius 3 is 0.330 bits per heavy atom. The molecule has 446 valence electrons. The van der Waals surface area contributed by atoms with Gasteiger partial charge in [0, 0.05) is 68.2 Å². The molecular weight excluding hydrogens is 1140 g/mol. The van der Waals surface area contributed by atoms with Crippen molar-refractivity contribution < 1.29 is 0 Å². The minimum absolute atomic E-state index is 1.05. The molecule has 4 heteroatoms. The minimum atomic E-state index is 1.05. The average molecular weight is 1200 g/mol. The summed E-state index contributed by atoms with van der Waals surface area (Å²) >= 11 is 0. The first-order chi connectivity index (χ1) is 46.6. The molecular formula is C90H66N4. The SMILES string of the molecule is c1ccc(N(c2ccccc2)c2ccc(-c3ccccc3-c3ccc(N(c4ccc(-c5ccccc5-c5ccc(N(c6ccccc6)c6ccccc6)cc5)cc4)c4ccc(-c5ccccc5-c5ccc(N(c6ccccc6)c6ccccc6)cc5)cc4)cc3)cc2)cc1. The van der Waals surface area contributed by atoms with Crippen molar-refractivity contribution in [1.82, 2.24) is 0 Å². The van der Waals surface area contributed by atoms with Crippen LogP contribution in [0.1, 0.15) is 0 Å². The maximum absolute atomic E-state index is 2.37. The second-order valence-electron chi connectivity index (χ2n) is 23.3. The van der Waals surface area contributed by atoms with Gasteiger partial charge in [-0.25, -0.2) is 0 Å². The van der Waals surface area contributed by atoms with Gasteiger partial charge in [-0.2, -0.15) is 0 Å². The predicted octanol–water partition coefficient (Wildman–Crippen LogP) is 25.6. The Hall–Kier alpha value is -12.5. The first-order valence-corrected chi connectivity index (χ1v) is 32.1. The predicted molar refractivity (Wildman–Crippen MR) is 398 cm³/mol. The van der Waals surface area contributed by atoms with Crippen LogP contribution >= 0.6 is 0 Å². The van der Waals surface area contributed by atoms with Crippen molar-refractivity contribution in [3.05, 3.63) is 400 Å². The highest BCUT2D eigenvalue weighted by molar-refractivity contribution is 5.91. The van der Waals surface area contributed by atoms with Gasteiger partial charge < -0.3 is 19.6 Å². The van der Waals surface area contributed by atoms with Crippen molar-refractivity contribution in [2.24, 2.45) is 0 Å². The zero-order chi connectivity index (χ0) is 62.8. The number of para-hydroxylation sites is 6. The van der Waals surface area contributed by atoms with Crippen molar-refractivity contribution in [2.75, 3.05) is 19.6 Å². The lowest BCUT2D eigenvalue weighted by Gasteiger charge is -2.27. The fraction of sp³-hybridized carbons (Fsp3) is 0. The summed E-state index contributed by atoms with van der Waals surface area (Å²) in [5.74, 6) is 0. The van der Waals surface area contributed by atoms with Crippen LogP contribution in [0.25, 0.3) is 66.8 Å². The molecule has 0 fully saturated rings. The Labute approximate surface area is 551 Å². The van der Waals surface area contributed by atoms with Crippen LogP contribution in [0.5, 0.6) is 0 Å². The Morgan fingerprint density at radius 1 is 0.0957 bits per heavy atom. The molecule has 0 heterocycles. The van der Waals surface area contributed by atoms with Gasteiger partial charge in [-0.1, -0.05) is 255 Å². The Morgan fingerprint density at radius 2 is 0.202 bits per heavy atom. The lowest BCUT2D eigenvalue weighted by molar-refractivity contribution is 1.28. The van der Waals surface area contributed by atoms with Crippen molar-refractivity contribution in [3.8, 4) is 66.8 Å². The average Bonchev–Trinajstić information content (AvgIpc) is 1.40. The van der Waals surface area contributed by atoms with Gasteiger partial charge in [0.05, 0.1) is 0 Å².